The minimum atomic E-state index is -0.179. The molecule has 1 fully saturated rings. The lowest BCUT2D eigenvalue weighted by Crippen LogP contribution is -2.30. The summed E-state index contributed by atoms with van der Waals surface area (Å²) >= 11 is 0. The molecule has 3 aromatic rings. The van der Waals surface area contributed by atoms with Crippen molar-refractivity contribution in [1.82, 2.24) is 15.0 Å². The molecule has 1 aliphatic rings. The molecule has 1 heterocycles. The highest BCUT2D eigenvalue weighted by Gasteiger charge is 2.29. The third kappa shape index (κ3) is 5.28. The van der Waals surface area contributed by atoms with Crippen molar-refractivity contribution in [2.75, 3.05) is 14.1 Å². The van der Waals surface area contributed by atoms with E-state index in [9.17, 15) is 4.39 Å². The molecule has 5 heteroatoms. The third-order valence-corrected chi connectivity index (χ3v) is 6.26. The maximum absolute atomic E-state index is 13.3. The summed E-state index contributed by atoms with van der Waals surface area (Å²) in [7, 11) is 4.23. The van der Waals surface area contributed by atoms with Crippen LogP contribution < -0.4 is 0 Å². The fourth-order valence-electron chi connectivity index (χ4n) is 4.73. The van der Waals surface area contributed by atoms with E-state index >= 15 is 0 Å². The summed E-state index contributed by atoms with van der Waals surface area (Å²) in [6, 6.07) is 15.4. The molecule has 4 nitrogen and oxygen atoms in total. The predicted octanol–water partition coefficient (Wildman–Crippen LogP) is 6.31. The highest BCUT2D eigenvalue weighted by molar-refractivity contribution is 5.56. The second-order valence-corrected chi connectivity index (χ2v) is 8.82. The maximum Gasteiger partial charge on any atom is 0.250 e. The molecule has 0 bridgehead atoms. The largest absolute Gasteiger partial charge is 0.334 e. The first-order valence-corrected chi connectivity index (χ1v) is 11.0. The maximum atomic E-state index is 13.3. The van der Waals surface area contributed by atoms with Crippen LogP contribution in [0.25, 0.3) is 17.5 Å². The average Bonchev–Trinajstić information content (AvgIpc) is 3.24. The van der Waals surface area contributed by atoms with Crippen molar-refractivity contribution in [3.8, 4) is 11.4 Å². The van der Waals surface area contributed by atoms with E-state index in [2.05, 4.69) is 54.3 Å². The Kier molecular flexibility index (Phi) is 6.62. The van der Waals surface area contributed by atoms with E-state index in [0.29, 0.717) is 29.6 Å². The van der Waals surface area contributed by atoms with Gasteiger partial charge >= 0.3 is 0 Å². The second-order valence-electron chi connectivity index (χ2n) is 8.82. The molecule has 0 spiro atoms. The zero-order valence-corrected chi connectivity index (χ0v) is 18.5. The quantitative estimate of drug-likeness (QED) is 0.470. The van der Waals surface area contributed by atoms with Gasteiger partial charge in [-0.15, -0.1) is 0 Å². The van der Waals surface area contributed by atoms with Gasteiger partial charge in [0.15, 0.2) is 0 Å². The van der Waals surface area contributed by atoms with Crippen LogP contribution in [0.3, 0.4) is 0 Å². The third-order valence-electron chi connectivity index (χ3n) is 6.26. The highest BCUT2D eigenvalue weighted by atomic mass is 19.1. The molecule has 0 amide bonds. The Balaban J connectivity index is 1.36. The summed E-state index contributed by atoms with van der Waals surface area (Å²) < 4.78 is 18.8. The van der Waals surface area contributed by atoms with E-state index in [1.807, 2.05) is 30.3 Å². The van der Waals surface area contributed by atoms with Gasteiger partial charge in [0.2, 0.25) is 5.82 Å². The smallest absolute Gasteiger partial charge is 0.250 e. The van der Waals surface area contributed by atoms with E-state index in [1.165, 1.54) is 11.1 Å². The van der Waals surface area contributed by atoms with Crippen molar-refractivity contribution in [3.63, 3.8) is 0 Å². The summed E-state index contributed by atoms with van der Waals surface area (Å²) in [5, 5.41) is 4.12. The number of aryl methyl sites for hydroxylation is 1. The number of aromatic nitrogens is 2. The summed E-state index contributed by atoms with van der Waals surface area (Å²) in [6.45, 7) is 2.05. The fourth-order valence-corrected chi connectivity index (χ4v) is 4.73. The van der Waals surface area contributed by atoms with Gasteiger partial charge in [0.05, 0.1) is 0 Å². The molecular weight excluding hydrogens is 389 g/mol. The standard InChI is InChI=1S/C26H30FN3O/c1-18-5-4-6-22(17-18)26-28-24(31-29-26)16-9-19-7-10-20(11-8-19)25(30(2)3)21-12-14-23(27)15-13-21/h4-6,9,12-17,19-20,25H,7-8,10-11H2,1-3H3/b16-9+. The van der Waals surface area contributed by atoms with E-state index in [4.69, 9.17) is 4.52 Å². The molecule has 0 aliphatic heterocycles. The molecule has 1 atom stereocenters. The first-order valence-electron chi connectivity index (χ1n) is 11.0. The van der Waals surface area contributed by atoms with Crippen LogP contribution >= 0.6 is 0 Å². The summed E-state index contributed by atoms with van der Waals surface area (Å²) in [4.78, 5) is 6.78. The number of benzene rings is 2. The van der Waals surface area contributed by atoms with Gasteiger partial charge in [-0.3, -0.25) is 0 Å². The van der Waals surface area contributed by atoms with Crippen LogP contribution in [0, 0.1) is 24.6 Å². The molecule has 0 N–H and O–H groups in total. The van der Waals surface area contributed by atoms with Crippen molar-refractivity contribution < 1.29 is 8.91 Å². The van der Waals surface area contributed by atoms with Gasteiger partial charge in [0.25, 0.3) is 5.89 Å². The van der Waals surface area contributed by atoms with Gasteiger partial charge in [0.1, 0.15) is 5.82 Å². The Hall–Kier alpha value is -2.79. The molecular formula is C26H30FN3O. The van der Waals surface area contributed by atoms with Crippen molar-refractivity contribution in [1.29, 1.82) is 0 Å². The molecule has 1 aliphatic carbocycles. The highest BCUT2D eigenvalue weighted by Crippen LogP contribution is 2.39. The molecule has 1 unspecified atom stereocenters. The van der Waals surface area contributed by atoms with Gasteiger partial charge in [-0.1, -0.05) is 47.1 Å². The minimum absolute atomic E-state index is 0.179. The molecule has 1 aromatic heterocycles. The lowest BCUT2D eigenvalue weighted by atomic mass is 9.76. The number of rotatable bonds is 6. The monoisotopic (exact) mass is 419 g/mol. The van der Waals surface area contributed by atoms with Gasteiger partial charge < -0.3 is 9.42 Å². The molecule has 162 valence electrons. The second kappa shape index (κ2) is 9.56. The zero-order chi connectivity index (χ0) is 21.8. The molecule has 0 saturated heterocycles. The van der Waals surface area contributed by atoms with Gasteiger partial charge in [-0.25, -0.2) is 4.39 Å². The Bertz CT molecular complexity index is 1020. The van der Waals surface area contributed by atoms with Crippen LogP contribution in [0.4, 0.5) is 4.39 Å². The van der Waals surface area contributed by atoms with Gasteiger partial charge in [-0.05, 0) is 88.4 Å². The number of nitrogens with zero attached hydrogens (tertiary/aromatic N) is 3. The van der Waals surface area contributed by atoms with E-state index in [-0.39, 0.29) is 5.82 Å². The minimum Gasteiger partial charge on any atom is -0.334 e. The van der Waals surface area contributed by atoms with Crippen molar-refractivity contribution in [3.05, 3.63) is 77.4 Å². The Morgan fingerprint density at radius 2 is 1.81 bits per heavy atom. The summed E-state index contributed by atoms with van der Waals surface area (Å²) in [5.74, 6) is 2.08. The first kappa shape index (κ1) is 21.4. The van der Waals surface area contributed by atoms with E-state index < -0.39 is 0 Å². The lowest BCUT2D eigenvalue weighted by molar-refractivity contribution is 0.159. The van der Waals surface area contributed by atoms with Crippen LogP contribution in [-0.4, -0.2) is 29.1 Å². The van der Waals surface area contributed by atoms with E-state index in [1.54, 1.807) is 12.1 Å². The normalized spacial score (nSPS) is 20.4. The van der Waals surface area contributed by atoms with Crippen LogP contribution in [0.2, 0.25) is 0 Å². The Morgan fingerprint density at radius 1 is 1.06 bits per heavy atom. The van der Waals surface area contributed by atoms with Crippen LogP contribution in [0.5, 0.6) is 0 Å². The molecule has 1 saturated carbocycles. The number of allylic oxidation sites excluding steroid dienone is 1. The molecule has 2 aromatic carbocycles. The van der Waals surface area contributed by atoms with Crippen molar-refractivity contribution in [2.24, 2.45) is 11.8 Å². The fraction of sp³-hybridized carbons (Fsp3) is 0.385. The van der Waals surface area contributed by atoms with Crippen LogP contribution in [0.1, 0.15) is 48.7 Å². The zero-order valence-electron chi connectivity index (χ0n) is 18.5. The number of hydrogen-bond donors (Lipinski definition) is 0. The molecule has 4 rings (SSSR count). The lowest BCUT2D eigenvalue weighted by Gasteiger charge is -2.37. The average molecular weight is 420 g/mol. The topological polar surface area (TPSA) is 42.2 Å². The summed E-state index contributed by atoms with van der Waals surface area (Å²) in [6.07, 6.45) is 8.73. The molecule has 31 heavy (non-hydrogen) atoms. The number of hydrogen-bond acceptors (Lipinski definition) is 4. The predicted molar refractivity (Wildman–Crippen MR) is 122 cm³/mol. The summed E-state index contributed by atoms with van der Waals surface area (Å²) in [5.41, 5.74) is 3.34. The van der Waals surface area contributed by atoms with E-state index in [0.717, 1.165) is 31.2 Å². The van der Waals surface area contributed by atoms with Gasteiger partial charge in [0, 0.05) is 11.6 Å². The SMILES string of the molecule is Cc1cccc(-c2noc(/C=C/C3CCC(C(c4ccc(F)cc4)N(C)C)CC3)n2)c1. The van der Waals surface area contributed by atoms with Crippen LogP contribution in [0.15, 0.2) is 59.1 Å². The Labute approximate surface area is 183 Å². The van der Waals surface area contributed by atoms with Crippen molar-refractivity contribution in [2.45, 2.75) is 38.6 Å². The first-order chi connectivity index (χ1) is 15.0. The van der Waals surface area contributed by atoms with Crippen LogP contribution in [-0.2, 0) is 0 Å². The number of halogens is 1. The molecule has 0 radical (unpaired) electrons. The van der Waals surface area contributed by atoms with Gasteiger partial charge in [-0.2, -0.15) is 4.98 Å². The Morgan fingerprint density at radius 3 is 2.48 bits per heavy atom. The van der Waals surface area contributed by atoms with Crippen molar-refractivity contribution >= 4 is 6.08 Å².